The first kappa shape index (κ1) is 14.4. The van der Waals surface area contributed by atoms with E-state index < -0.39 is 22.9 Å². The zero-order chi connectivity index (χ0) is 16.0. The van der Waals surface area contributed by atoms with Gasteiger partial charge < -0.3 is 0 Å². The molecule has 2 heterocycles. The van der Waals surface area contributed by atoms with Gasteiger partial charge in [-0.15, -0.1) is 11.3 Å². The Morgan fingerprint density at radius 2 is 1.65 bits per heavy atom. The van der Waals surface area contributed by atoms with Gasteiger partial charge in [-0.25, -0.2) is 18.2 Å². The molecule has 6 heteroatoms. The van der Waals surface area contributed by atoms with Crippen LogP contribution in [0.3, 0.4) is 0 Å². The average molecular weight is 332 g/mol. The van der Waals surface area contributed by atoms with E-state index in [1.807, 2.05) is 17.5 Å². The Bertz CT molecular complexity index is 850. The highest BCUT2D eigenvalue weighted by atomic mass is 32.1. The molecule has 0 N–H and O–H groups in total. The molecule has 0 amide bonds. The molecule has 116 valence electrons. The van der Waals surface area contributed by atoms with Gasteiger partial charge in [-0.3, -0.25) is 4.98 Å². The lowest BCUT2D eigenvalue weighted by Gasteiger charge is -2.15. The van der Waals surface area contributed by atoms with Gasteiger partial charge in [-0.1, -0.05) is 0 Å². The molecule has 23 heavy (non-hydrogen) atoms. The molecule has 0 aliphatic heterocycles. The van der Waals surface area contributed by atoms with Gasteiger partial charge in [0.05, 0.1) is 11.1 Å². The number of nitrogens with zero attached hydrogens (tertiary/aromatic N) is 2. The van der Waals surface area contributed by atoms with Gasteiger partial charge in [-0.2, -0.15) is 0 Å². The van der Waals surface area contributed by atoms with Crippen molar-refractivity contribution in [2.75, 3.05) is 0 Å². The first-order chi connectivity index (χ1) is 11.1. The van der Waals surface area contributed by atoms with Crippen molar-refractivity contribution in [2.45, 2.75) is 18.3 Å². The molecule has 0 atom stereocenters. The molecule has 1 saturated carbocycles. The van der Waals surface area contributed by atoms with Crippen molar-refractivity contribution in [3.05, 3.63) is 70.1 Å². The van der Waals surface area contributed by atoms with E-state index in [1.54, 1.807) is 12.4 Å². The van der Waals surface area contributed by atoms with Crippen molar-refractivity contribution in [1.82, 2.24) is 9.97 Å². The fraction of sp³-hybridized carbons (Fsp3) is 0.176. The van der Waals surface area contributed by atoms with Gasteiger partial charge in [0.25, 0.3) is 0 Å². The summed E-state index contributed by atoms with van der Waals surface area (Å²) in [5, 5.41) is 2.53. The molecule has 0 unspecified atom stereocenters. The Balaban J connectivity index is 1.78. The molecule has 2 nitrogen and oxygen atoms in total. The van der Waals surface area contributed by atoms with E-state index in [1.165, 1.54) is 11.3 Å². The Morgan fingerprint density at radius 3 is 2.26 bits per heavy atom. The molecule has 0 bridgehead atoms. The molecular weight excluding hydrogens is 321 g/mol. The van der Waals surface area contributed by atoms with E-state index in [4.69, 9.17) is 0 Å². The molecular formula is C17H11F3N2S. The highest BCUT2D eigenvalue weighted by Crippen LogP contribution is 2.56. The maximum atomic E-state index is 14.2. The molecule has 1 aromatic carbocycles. The summed E-state index contributed by atoms with van der Waals surface area (Å²) in [6.07, 6.45) is 4.55. The molecule has 2 aromatic heterocycles. The summed E-state index contributed by atoms with van der Waals surface area (Å²) in [6.45, 7) is 0. The summed E-state index contributed by atoms with van der Waals surface area (Å²) in [7, 11) is 0. The van der Waals surface area contributed by atoms with Crippen molar-refractivity contribution in [2.24, 2.45) is 0 Å². The van der Waals surface area contributed by atoms with E-state index in [9.17, 15) is 13.2 Å². The van der Waals surface area contributed by atoms with Crippen LogP contribution in [0.4, 0.5) is 13.2 Å². The first-order valence-electron chi connectivity index (χ1n) is 7.11. The summed E-state index contributed by atoms with van der Waals surface area (Å²) in [6, 6.07) is 5.13. The van der Waals surface area contributed by atoms with Crippen molar-refractivity contribution in [1.29, 1.82) is 0 Å². The predicted octanol–water partition coefficient (Wildman–Crippen LogP) is 4.70. The third-order valence-corrected chi connectivity index (χ3v) is 5.17. The second-order valence-corrected chi connectivity index (χ2v) is 6.46. The van der Waals surface area contributed by atoms with Crippen LogP contribution in [0.1, 0.15) is 23.4 Å². The summed E-state index contributed by atoms with van der Waals surface area (Å²) < 4.78 is 41.4. The quantitative estimate of drug-likeness (QED) is 0.695. The number of pyridine rings is 1. The number of hydrogen-bond acceptors (Lipinski definition) is 3. The van der Waals surface area contributed by atoms with Gasteiger partial charge in [0, 0.05) is 41.0 Å². The molecule has 1 fully saturated rings. The third kappa shape index (κ3) is 2.34. The maximum absolute atomic E-state index is 14.2. The number of thiazole rings is 1. The summed E-state index contributed by atoms with van der Waals surface area (Å²) >= 11 is 1.37. The van der Waals surface area contributed by atoms with E-state index in [2.05, 4.69) is 9.97 Å². The molecule has 0 radical (unpaired) electrons. The van der Waals surface area contributed by atoms with Crippen molar-refractivity contribution >= 4 is 11.3 Å². The number of rotatable bonds is 3. The van der Waals surface area contributed by atoms with Gasteiger partial charge in [-0.05, 0) is 25.0 Å². The smallest absolute Gasteiger partial charge is 0.133 e. The highest BCUT2D eigenvalue weighted by molar-refractivity contribution is 7.10. The van der Waals surface area contributed by atoms with Gasteiger partial charge in [0.2, 0.25) is 0 Å². The van der Waals surface area contributed by atoms with E-state index in [-0.39, 0.29) is 5.56 Å². The van der Waals surface area contributed by atoms with Crippen LogP contribution in [0.25, 0.3) is 11.3 Å². The van der Waals surface area contributed by atoms with E-state index in [0.29, 0.717) is 17.8 Å². The van der Waals surface area contributed by atoms with Crippen molar-refractivity contribution in [3.63, 3.8) is 0 Å². The molecule has 1 aliphatic rings. The van der Waals surface area contributed by atoms with Crippen molar-refractivity contribution in [3.8, 4) is 11.3 Å². The van der Waals surface area contributed by atoms with E-state index in [0.717, 1.165) is 23.4 Å². The number of aromatic nitrogens is 2. The standard InChI is InChI=1S/C17H11F3N2S/c18-11-7-12(19)15(13(20)8-11)17(3-4-17)16-22-14(9-23-16)10-1-5-21-6-2-10/h1-2,5-9H,3-4H2. The Morgan fingerprint density at radius 1 is 1.00 bits per heavy atom. The van der Waals surface area contributed by atoms with Crippen molar-refractivity contribution < 1.29 is 13.2 Å². The highest BCUT2D eigenvalue weighted by Gasteiger charge is 2.51. The number of hydrogen-bond donors (Lipinski definition) is 0. The van der Waals surface area contributed by atoms with Crippen LogP contribution in [0.15, 0.2) is 42.0 Å². The van der Waals surface area contributed by atoms with Gasteiger partial charge in [0.15, 0.2) is 0 Å². The monoisotopic (exact) mass is 332 g/mol. The molecule has 0 spiro atoms. The minimum Gasteiger partial charge on any atom is -0.265 e. The largest absolute Gasteiger partial charge is 0.265 e. The fourth-order valence-electron chi connectivity index (χ4n) is 2.84. The predicted molar refractivity (Wildman–Crippen MR) is 81.7 cm³/mol. The summed E-state index contributed by atoms with van der Waals surface area (Å²) in [4.78, 5) is 8.52. The zero-order valence-corrected chi connectivity index (χ0v) is 12.7. The van der Waals surface area contributed by atoms with Crippen LogP contribution in [-0.2, 0) is 5.41 Å². The van der Waals surface area contributed by atoms with E-state index >= 15 is 0 Å². The lowest BCUT2D eigenvalue weighted by molar-refractivity contribution is 0.509. The topological polar surface area (TPSA) is 25.8 Å². The van der Waals surface area contributed by atoms with Crippen LogP contribution in [0.2, 0.25) is 0 Å². The molecule has 0 saturated heterocycles. The van der Waals surface area contributed by atoms with Crippen LogP contribution >= 0.6 is 11.3 Å². The number of benzene rings is 1. The van der Waals surface area contributed by atoms with Gasteiger partial charge in [0.1, 0.15) is 22.5 Å². The minimum absolute atomic E-state index is 0.0745. The molecule has 3 aromatic rings. The first-order valence-corrected chi connectivity index (χ1v) is 7.99. The lowest BCUT2D eigenvalue weighted by Crippen LogP contribution is -2.14. The third-order valence-electron chi connectivity index (χ3n) is 4.13. The van der Waals surface area contributed by atoms with Gasteiger partial charge >= 0.3 is 0 Å². The van der Waals surface area contributed by atoms with Crippen LogP contribution in [0.5, 0.6) is 0 Å². The number of halogens is 3. The zero-order valence-electron chi connectivity index (χ0n) is 11.9. The fourth-order valence-corrected chi connectivity index (χ4v) is 3.94. The lowest BCUT2D eigenvalue weighted by atomic mass is 9.95. The molecule has 4 rings (SSSR count). The van der Waals surface area contributed by atoms with Crippen LogP contribution < -0.4 is 0 Å². The summed E-state index contributed by atoms with van der Waals surface area (Å²) in [5.41, 5.74) is 0.812. The minimum atomic E-state index is -0.906. The van der Waals surface area contributed by atoms with Crippen LogP contribution in [-0.4, -0.2) is 9.97 Å². The maximum Gasteiger partial charge on any atom is 0.133 e. The Hall–Kier alpha value is -2.21. The SMILES string of the molecule is Fc1cc(F)c(C2(c3nc(-c4ccncc4)cs3)CC2)c(F)c1. The normalized spacial score (nSPS) is 15.6. The second kappa shape index (κ2) is 5.16. The second-order valence-electron chi connectivity index (χ2n) is 5.60. The molecule has 1 aliphatic carbocycles. The van der Waals surface area contributed by atoms with Crippen LogP contribution in [0, 0.1) is 17.5 Å². The Kier molecular flexibility index (Phi) is 3.23. The Labute approximate surface area is 134 Å². The summed E-state index contributed by atoms with van der Waals surface area (Å²) in [5.74, 6) is -2.60. The average Bonchev–Trinajstić information content (AvgIpc) is 3.15.